The van der Waals surface area contributed by atoms with Crippen LogP contribution in [0.4, 0.5) is 0 Å². The normalized spacial score (nSPS) is 36.2. The van der Waals surface area contributed by atoms with Gasteiger partial charge in [0.05, 0.1) is 13.2 Å². The van der Waals surface area contributed by atoms with Crippen molar-refractivity contribution in [2.45, 2.75) is 19.3 Å². The van der Waals surface area contributed by atoms with Crippen molar-refractivity contribution in [1.82, 2.24) is 8.61 Å². The van der Waals surface area contributed by atoms with E-state index in [9.17, 15) is 8.42 Å². The van der Waals surface area contributed by atoms with Gasteiger partial charge < -0.3 is 4.74 Å². The van der Waals surface area contributed by atoms with Crippen LogP contribution in [0.3, 0.4) is 0 Å². The van der Waals surface area contributed by atoms with E-state index in [2.05, 4.69) is 0 Å². The molecule has 1 saturated carbocycles. The molecule has 2 saturated heterocycles. The maximum absolute atomic E-state index is 12.4. The lowest BCUT2D eigenvalue weighted by molar-refractivity contribution is 0.0704. The van der Waals surface area contributed by atoms with Gasteiger partial charge in [-0.3, -0.25) is 0 Å². The molecule has 0 radical (unpaired) electrons. The summed E-state index contributed by atoms with van der Waals surface area (Å²) in [5, 5.41) is 0. The highest BCUT2D eigenvalue weighted by molar-refractivity contribution is 7.86. The monoisotopic (exact) mass is 260 g/mol. The Hall–Kier alpha value is -0.170. The zero-order valence-corrected chi connectivity index (χ0v) is 10.9. The minimum atomic E-state index is -3.22. The first-order valence-corrected chi connectivity index (χ1v) is 7.90. The third-order valence-electron chi connectivity index (χ3n) is 4.32. The van der Waals surface area contributed by atoms with Crippen LogP contribution in [0.5, 0.6) is 0 Å². The van der Waals surface area contributed by atoms with Crippen molar-refractivity contribution in [1.29, 1.82) is 0 Å². The molecular weight excluding hydrogens is 240 g/mol. The van der Waals surface area contributed by atoms with E-state index >= 15 is 0 Å². The van der Waals surface area contributed by atoms with E-state index in [4.69, 9.17) is 4.74 Å². The van der Waals surface area contributed by atoms with Crippen molar-refractivity contribution in [2.24, 2.45) is 11.8 Å². The van der Waals surface area contributed by atoms with Crippen molar-refractivity contribution >= 4 is 10.2 Å². The first kappa shape index (κ1) is 11.9. The van der Waals surface area contributed by atoms with Gasteiger partial charge in [-0.25, -0.2) is 0 Å². The fraction of sp³-hybridized carbons (Fsp3) is 1.00. The largest absolute Gasteiger partial charge is 0.379 e. The zero-order chi connectivity index (χ0) is 11.9. The molecule has 3 rings (SSSR count). The molecule has 0 aromatic rings. The average Bonchev–Trinajstić information content (AvgIpc) is 2.90. The third-order valence-corrected chi connectivity index (χ3v) is 6.28. The van der Waals surface area contributed by atoms with E-state index in [1.807, 2.05) is 0 Å². The summed E-state index contributed by atoms with van der Waals surface area (Å²) in [6, 6.07) is 0. The van der Waals surface area contributed by atoms with Crippen molar-refractivity contribution < 1.29 is 13.2 Å². The predicted molar refractivity (Wildman–Crippen MR) is 63.7 cm³/mol. The van der Waals surface area contributed by atoms with Crippen LogP contribution in [0.15, 0.2) is 0 Å². The molecular formula is C11H20N2O3S. The molecule has 0 bridgehead atoms. The molecule has 1 aliphatic carbocycles. The molecule has 0 aromatic heterocycles. The average molecular weight is 260 g/mol. The fourth-order valence-corrected chi connectivity index (χ4v) is 5.02. The summed E-state index contributed by atoms with van der Waals surface area (Å²) in [6.45, 7) is 3.55. The van der Waals surface area contributed by atoms with E-state index in [1.165, 1.54) is 19.3 Å². The van der Waals surface area contributed by atoms with Gasteiger partial charge in [0, 0.05) is 26.2 Å². The van der Waals surface area contributed by atoms with E-state index in [0.29, 0.717) is 38.1 Å². The smallest absolute Gasteiger partial charge is 0.282 e. The van der Waals surface area contributed by atoms with Crippen LogP contribution < -0.4 is 0 Å². The first-order valence-electron chi connectivity index (χ1n) is 6.51. The molecule has 0 N–H and O–H groups in total. The number of ether oxygens (including phenoxy) is 1. The van der Waals surface area contributed by atoms with Gasteiger partial charge in [-0.15, -0.1) is 0 Å². The zero-order valence-electron chi connectivity index (χ0n) is 10.0. The summed E-state index contributed by atoms with van der Waals surface area (Å²) in [5.41, 5.74) is 0. The number of morpholine rings is 1. The summed E-state index contributed by atoms with van der Waals surface area (Å²) < 4.78 is 33.3. The summed E-state index contributed by atoms with van der Waals surface area (Å²) in [4.78, 5) is 0. The minimum absolute atomic E-state index is 0.508. The molecule has 98 valence electrons. The number of nitrogens with zero attached hydrogens (tertiary/aromatic N) is 2. The molecule has 17 heavy (non-hydrogen) atoms. The summed E-state index contributed by atoms with van der Waals surface area (Å²) in [5.74, 6) is 1.23. The Morgan fingerprint density at radius 3 is 2.12 bits per heavy atom. The molecule has 0 spiro atoms. The molecule has 3 aliphatic rings. The Balaban J connectivity index is 1.70. The van der Waals surface area contributed by atoms with Gasteiger partial charge in [0.25, 0.3) is 10.2 Å². The van der Waals surface area contributed by atoms with Crippen LogP contribution in [0.1, 0.15) is 19.3 Å². The molecule has 2 heterocycles. The second-order valence-electron chi connectivity index (χ2n) is 5.29. The molecule has 0 aromatic carbocycles. The number of fused-ring (bicyclic) bond motifs is 1. The van der Waals surface area contributed by atoms with Crippen LogP contribution >= 0.6 is 0 Å². The summed E-state index contributed by atoms with van der Waals surface area (Å²) >= 11 is 0. The van der Waals surface area contributed by atoms with Crippen molar-refractivity contribution in [3.8, 4) is 0 Å². The number of rotatable bonds is 2. The van der Waals surface area contributed by atoms with Crippen molar-refractivity contribution in [3.05, 3.63) is 0 Å². The Morgan fingerprint density at radius 1 is 0.941 bits per heavy atom. The maximum atomic E-state index is 12.4. The van der Waals surface area contributed by atoms with E-state index < -0.39 is 10.2 Å². The molecule has 2 unspecified atom stereocenters. The van der Waals surface area contributed by atoms with Gasteiger partial charge in [-0.2, -0.15) is 17.0 Å². The lowest BCUT2D eigenvalue weighted by Gasteiger charge is -2.30. The highest BCUT2D eigenvalue weighted by Crippen LogP contribution is 2.39. The van der Waals surface area contributed by atoms with Gasteiger partial charge in [0.1, 0.15) is 0 Å². The maximum Gasteiger partial charge on any atom is 0.282 e. The molecule has 5 nitrogen and oxygen atoms in total. The minimum Gasteiger partial charge on any atom is -0.379 e. The topological polar surface area (TPSA) is 49.9 Å². The first-order chi connectivity index (χ1) is 8.18. The molecule has 0 amide bonds. The lowest BCUT2D eigenvalue weighted by Crippen LogP contribution is -2.48. The second kappa shape index (κ2) is 4.50. The van der Waals surface area contributed by atoms with Crippen LogP contribution in [0, 0.1) is 11.8 Å². The van der Waals surface area contributed by atoms with Crippen molar-refractivity contribution in [2.75, 3.05) is 39.4 Å². The lowest BCUT2D eigenvalue weighted by atomic mass is 10.0. The van der Waals surface area contributed by atoms with Gasteiger partial charge in [-0.05, 0) is 24.7 Å². The summed E-state index contributed by atoms with van der Waals surface area (Å²) in [7, 11) is -3.22. The van der Waals surface area contributed by atoms with Crippen LogP contribution in [-0.2, 0) is 14.9 Å². The van der Waals surface area contributed by atoms with Crippen LogP contribution in [0.2, 0.25) is 0 Å². The third kappa shape index (κ3) is 2.12. The van der Waals surface area contributed by atoms with Crippen molar-refractivity contribution in [3.63, 3.8) is 0 Å². The molecule has 2 atom stereocenters. The molecule has 2 aliphatic heterocycles. The molecule has 6 heteroatoms. The van der Waals surface area contributed by atoms with Crippen LogP contribution in [-0.4, -0.2) is 56.4 Å². The quantitative estimate of drug-likeness (QED) is 0.717. The Kier molecular flexibility index (Phi) is 3.15. The van der Waals surface area contributed by atoms with Crippen LogP contribution in [0.25, 0.3) is 0 Å². The van der Waals surface area contributed by atoms with Gasteiger partial charge in [0.15, 0.2) is 0 Å². The highest BCUT2D eigenvalue weighted by Gasteiger charge is 2.43. The van der Waals surface area contributed by atoms with E-state index in [-0.39, 0.29) is 0 Å². The Bertz CT molecular complexity index is 366. The fourth-order valence-electron chi connectivity index (χ4n) is 3.32. The summed E-state index contributed by atoms with van der Waals surface area (Å²) in [6.07, 6.45) is 3.69. The van der Waals surface area contributed by atoms with E-state index in [0.717, 1.165) is 13.1 Å². The standard InChI is InChI=1S/C11H20N2O3S/c14-17(15,12-4-6-16-7-5-12)13-8-10-2-1-3-11(10)9-13/h10-11H,1-9H2. The second-order valence-corrected chi connectivity index (χ2v) is 7.22. The van der Waals surface area contributed by atoms with E-state index in [1.54, 1.807) is 8.61 Å². The molecule has 3 fully saturated rings. The predicted octanol–water partition coefficient (Wildman–Crippen LogP) is 0.295. The highest BCUT2D eigenvalue weighted by atomic mass is 32.2. The van der Waals surface area contributed by atoms with Gasteiger partial charge >= 0.3 is 0 Å². The number of hydrogen-bond donors (Lipinski definition) is 0. The number of hydrogen-bond acceptors (Lipinski definition) is 3. The Labute approximate surface area is 103 Å². The van der Waals surface area contributed by atoms with Gasteiger partial charge in [0.2, 0.25) is 0 Å². The SMILES string of the molecule is O=S(=O)(N1CCOCC1)N1CC2CCCC2C1. The van der Waals surface area contributed by atoms with Gasteiger partial charge in [-0.1, -0.05) is 6.42 Å². The Morgan fingerprint density at radius 2 is 1.53 bits per heavy atom.